The third kappa shape index (κ3) is 4.55. The Morgan fingerprint density at radius 2 is 1.85 bits per heavy atom. The van der Waals surface area contributed by atoms with Gasteiger partial charge >= 0.3 is 11.9 Å². The molecule has 1 rings (SSSR count). The van der Waals surface area contributed by atoms with Gasteiger partial charge in [0, 0.05) is 11.4 Å². The van der Waals surface area contributed by atoms with Gasteiger partial charge in [0.25, 0.3) is 0 Å². The van der Waals surface area contributed by atoms with Crippen LogP contribution in [0, 0.1) is 0 Å². The fourth-order valence-corrected chi connectivity index (χ4v) is 1.61. The highest BCUT2D eigenvalue weighted by molar-refractivity contribution is 6.31. The lowest BCUT2D eigenvalue weighted by Gasteiger charge is -2.10. The van der Waals surface area contributed by atoms with E-state index in [1.807, 2.05) is 0 Å². The average Bonchev–Trinajstić information content (AvgIpc) is 2.44. The van der Waals surface area contributed by atoms with E-state index in [1.165, 1.54) is 32.4 Å². The maximum atomic E-state index is 11.7. The first-order valence-corrected chi connectivity index (χ1v) is 6.10. The molecular weight excluding hydrogens is 286 g/mol. The number of benzene rings is 1. The zero-order valence-corrected chi connectivity index (χ0v) is 11.8. The van der Waals surface area contributed by atoms with Gasteiger partial charge in [0.15, 0.2) is 0 Å². The normalized spacial score (nSPS) is 9.75. The Hall–Kier alpha value is -2.08. The van der Waals surface area contributed by atoms with Crippen molar-refractivity contribution in [1.82, 2.24) is 0 Å². The summed E-state index contributed by atoms with van der Waals surface area (Å²) in [6, 6.07) is 4.39. The highest BCUT2D eigenvalue weighted by atomic mass is 35.5. The average molecular weight is 300 g/mol. The predicted octanol–water partition coefficient (Wildman–Crippen LogP) is 2.02. The van der Waals surface area contributed by atoms with E-state index in [2.05, 4.69) is 14.8 Å². The summed E-state index contributed by atoms with van der Waals surface area (Å²) < 4.78 is 9.04. The van der Waals surface area contributed by atoms with Crippen molar-refractivity contribution in [1.29, 1.82) is 0 Å². The molecule has 7 heteroatoms. The smallest absolute Gasteiger partial charge is 0.339 e. The number of anilines is 1. The van der Waals surface area contributed by atoms with Crippen molar-refractivity contribution in [3.8, 4) is 0 Å². The minimum absolute atomic E-state index is 0.0452. The molecule has 0 aliphatic rings. The van der Waals surface area contributed by atoms with E-state index >= 15 is 0 Å². The number of esters is 2. The number of ether oxygens (including phenoxy) is 2. The van der Waals surface area contributed by atoms with Crippen molar-refractivity contribution in [2.24, 2.45) is 0 Å². The standard InChI is InChI=1S/C13H14ClNO5/c1-19-12(17)6-5-11(16)15-10-7-8(14)3-4-9(10)13(18)20-2/h3-4,7H,5-6H2,1-2H3,(H,15,16). The third-order valence-electron chi connectivity index (χ3n) is 2.44. The summed E-state index contributed by atoms with van der Waals surface area (Å²) in [4.78, 5) is 34.2. The Morgan fingerprint density at radius 3 is 2.45 bits per heavy atom. The molecule has 0 saturated heterocycles. The quantitative estimate of drug-likeness (QED) is 0.841. The summed E-state index contributed by atoms with van der Waals surface area (Å²) in [5.41, 5.74) is 0.419. The van der Waals surface area contributed by atoms with Crippen LogP contribution in [-0.2, 0) is 19.1 Å². The zero-order valence-electron chi connectivity index (χ0n) is 11.1. The summed E-state index contributed by atoms with van der Waals surface area (Å²) in [5, 5.41) is 2.88. The van der Waals surface area contributed by atoms with Gasteiger partial charge < -0.3 is 14.8 Å². The summed E-state index contributed by atoms with van der Waals surface area (Å²) in [6.07, 6.45) is -0.101. The van der Waals surface area contributed by atoms with E-state index in [9.17, 15) is 14.4 Å². The molecule has 0 atom stereocenters. The molecule has 0 heterocycles. The van der Waals surface area contributed by atoms with Gasteiger partial charge in [0.1, 0.15) is 0 Å². The molecule has 0 fully saturated rings. The minimum atomic E-state index is -0.593. The van der Waals surface area contributed by atoms with Crippen LogP contribution >= 0.6 is 11.6 Å². The molecule has 0 unspecified atom stereocenters. The number of carbonyl (C=O) groups excluding carboxylic acids is 3. The number of halogens is 1. The van der Waals surface area contributed by atoms with Crippen LogP contribution in [0.25, 0.3) is 0 Å². The second-order valence-electron chi connectivity index (χ2n) is 3.81. The van der Waals surface area contributed by atoms with Crippen LogP contribution in [0.4, 0.5) is 5.69 Å². The summed E-state index contributed by atoms with van der Waals surface area (Å²) >= 11 is 5.82. The highest BCUT2D eigenvalue weighted by Gasteiger charge is 2.15. The Labute approximate surface area is 121 Å². The zero-order chi connectivity index (χ0) is 15.1. The van der Waals surface area contributed by atoms with Crippen LogP contribution in [0.15, 0.2) is 18.2 Å². The Balaban J connectivity index is 2.80. The number of nitrogens with one attached hydrogen (secondary N) is 1. The molecule has 0 radical (unpaired) electrons. The van der Waals surface area contributed by atoms with E-state index < -0.39 is 17.8 Å². The van der Waals surface area contributed by atoms with Gasteiger partial charge in [-0.15, -0.1) is 0 Å². The largest absolute Gasteiger partial charge is 0.469 e. The second-order valence-corrected chi connectivity index (χ2v) is 4.24. The Morgan fingerprint density at radius 1 is 1.15 bits per heavy atom. The van der Waals surface area contributed by atoms with Gasteiger partial charge in [-0.2, -0.15) is 0 Å². The number of hydrogen-bond acceptors (Lipinski definition) is 5. The van der Waals surface area contributed by atoms with Crippen molar-refractivity contribution in [2.45, 2.75) is 12.8 Å². The number of carbonyl (C=O) groups is 3. The van der Waals surface area contributed by atoms with Gasteiger partial charge in [0.05, 0.1) is 31.9 Å². The fourth-order valence-electron chi connectivity index (χ4n) is 1.44. The van der Waals surface area contributed by atoms with Crippen LogP contribution in [0.2, 0.25) is 5.02 Å². The van der Waals surface area contributed by atoms with E-state index in [0.717, 1.165) is 0 Å². The number of hydrogen-bond donors (Lipinski definition) is 1. The maximum Gasteiger partial charge on any atom is 0.339 e. The summed E-state index contributed by atoms with van der Waals surface area (Å²) in [7, 11) is 2.48. The molecule has 1 N–H and O–H groups in total. The van der Waals surface area contributed by atoms with Crippen molar-refractivity contribution < 1.29 is 23.9 Å². The Kier molecular flexibility index (Phi) is 5.99. The Bertz CT molecular complexity index is 529. The van der Waals surface area contributed by atoms with Crippen molar-refractivity contribution >= 4 is 35.1 Å². The molecule has 20 heavy (non-hydrogen) atoms. The molecule has 6 nitrogen and oxygen atoms in total. The molecule has 0 spiro atoms. The monoisotopic (exact) mass is 299 g/mol. The molecule has 0 aliphatic heterocycles. The minimum Gasteiger partial charge on any atom is -0.469 e. The SMILES string of the molecule is COC(=O)CCC(=O)Nc1cc(Cl)ccc1C(=O)OC. The van der Waals surface area contributed by atoms with Crippen LogP contribution in [-0.4, -0.2) is 32.1 Å². The van der Waals surface area contributed by atoms with Gasteiger partial charge in [-0.05, 0) is 18.2 Å². The van der Waals surface area contributed by atoms with Crippen molar-refractivity contribution in [3.05, 3.63) is 28.8 Å². The van der Waals surface area contributed by atoms with Gasteiger partial charge in [-0.3, -0.25) is 9.59 Å². The van der Waals surface area contributed by atoms with E-state index in [-0.39, 0.29) is 24.1 Å². The number of methoxy groups -OCH3 is 2. The first-order chi connectivity index (χ1) is 9.47. The van der Waals surface area contributed by atoms with E-state index in [4.69, 9.17) is 11.6 Å². The number of amides is 1. The highest BCUT2D eigenvalue weighted by Crippen LogP contribution is 2.22. The molecule has 0 aromatic heterocycles. The molecule has 0 bridgehead atoms. The predicted molar refractivity (Wildman–Crippen MR) is 72.7 cm³/mol. The molecule has 0 saturated carbocycles. The fraction of sp³-hybridized carbons (Fsp3) is 0.308. The van der Waals surface area contributed by atoms with Crippen molar-refractivity contribution in [3.63, 3.8) is 0 Å². The van der Waals surface area contributed by atoms with Crippen LogP contribution in [0.5, 0.6) is 0 Å². The first kappa shape index (κ1) is 16.0. The van der Waals surface area contributed by atoms with Crippen LogP contribution < -0.4 is 5.32 Å². The maximum absolute atomic E-state index is 11.7. The lowest BCUT2D eigenvalue weighted by atomic mass is 10.1. The summed E-state index contributed by atoms with van der Waals surface area (Å²) in [5.74, 6) is -1.51. The second kappa shape index (κ2) is 7.49. The topological polar surface area (TPSA) is 81.7 Å². The van der Waals surface area contributed by atoms with Gasteiger partial charge in [-0.1, -0.05) is 11.6 Å². The molecule has 0 aliphatic carbocycles. The van der Waals surface area contributed by atoms with E-state index in [0.29, 0.717) is 5.02 Å². The van der Waals surface area contributed by atoms with Crippen molar-refractivity contribution in [2.75, 3.05) is 19.5 Å². The van der Waals surface area contributed by atoms with Crippen LogP contribution in [0.3, 0.4) is 0 Å². The van der Waals surface area contributed by atoms with Gasteiger partial charge in [0.2, 0.25) is 5.91 Å². The molecule has 108 valence electrons. The third-order valence-corrected chi connectivity index (χ3v) is 2.68. The summed E-state index contributed by atoms with van der Waals surface area (Å²) in [6.45, 7) is 0. The molecule has 1 amide bonds. The number of rotatable bonds is 5. The molecule has 1 aromatic rings. The molecule has 1 aromatic carbocycles. The van der Waals surface area contributed by atoms with E-state index in [1.54, 1.807) is 0 Å². The first-order valence-electron chi connectivity index (χ1n) is 5.72. The van der Waals surface area contributed by atoms with Crippen LogP contribution in [0.1, 0.15) is 23.2 Å². The lowest BCUT2D eigenvalue weighted by molar-refractivity contribution is -0.141. The van der Waals surface area contributed by atoms with Gasteiger partial charge in [-0.25, -0.2) is 4.79 Å². The molecular formula is C13H14ClNO5. The lowest BCUT2D eigenvalue weighted by Crippen LogP contribution is -2.16.